The van der Waals surface area contributed by atoms with Gasteiger partial charge >= 0.3 is 5.97 Å². The van der Waals surface area contributed by atoms with Crippen LogP contribution in [0.2, 0.25) is 0 Å². The Morgan fingerprint density at radius 3 is 1.32 bits per heavy atom. The van der Waals surface area contributed by atoms with Crippen molar-refractivity contribution in [1.82, 2.24) is 42.5 Å². The molecule has 0 aromatic heterocycles. The molecule has 17 N–H and O–H groups in total. The Bertz CT molecular complexity index is 1950. The summed E-state index contributed by atoms with van der Waals surface area (Å²) in [6.07, 6.45) is -1.37. The largest absolute Gasteiger partial charge is 0.508 e. The third-order valence-corrected chi connectivity index (χ3v) is 9.82. The number of phenolic OH excluding ortho intramolecular Hbond substituents is 1. The summed E-state index contributed by atoms with van der Waals surface area (Å²) in [7, 11) is 0. The van der Waals surface area contributed by atoms with Gasteiger partial charge in [-0.1, -0.05) is 53.7 Å². The van der Waals surface area contributed by atoms with Crippen LogP contribution < -0.4 is 59.7 Å². The number of nitrogens with one attached hydrogen (secondary N) is 8. The number of hydrogen-bond donors (Lipinski definition) is 14. The van der Waals surface area contributed by atoms with Crippen LogP contribution in [0.4, 0.5) is 0 Å². The Hall–Kier alpha value is -6.89. The molecule has 25 nitrogen and oxygen atoms in total. The zero-order chi connectivity index (χ0) is 52.0. The molecule has 0 fully saturated rings. The standard InChI is InChI=1S/C43H69N11O14/c1-20(2)12-27(50-37(61)26(44)15-24-8-10-25(56)11-9-24)40(64)54-32(19-55)38(62)47-18-35(59)48-23(7)36(60)49-29(16-33(45)57)41(65)51-28(13-21(3)4)39(63)52-30(17-34(46)58)42(66)53-31(43(67)68)14-22(5)6/h8-11,20-23,26-32,55-56H,12-19,44H2,1-7H3,(H2,45,57)(H2,46,58)(H,47,62)(H,48,59)(H,49,60)(H,50,61)(H,51,65)(H,52,63)(H,53,66)(H,54,64)(H,67,68)/t23-,26-,27-,28-,29-,30-,31-,32-/m0/s1. The molecule has 0 aliphatic heterocycles. The average molecular weight is 964 g/mol. The zero-order valence-corrected chi connectivity index (χ0v) is 39.4. The van der Waals surface area contributed by atoms with Crippen molar-refractivity contribution in [3.05, 3.63) is 29.8 Å². The van der Waals surface area contributed by atoms with Crippen molar-refractivity contribution >= 4 is 65.0 Å². The summed E-state index contributed by atoms with van der Waals surface area (Å²) in [4.78, 5) is 141. The summed E-state index contributed by atoms with van der Waals surface area (Å²) >= 11 is 0. The summed E-state index contributed by atoms with van der Waals surface area (Å²) < 4.78 is 0. The quantitative estimate of drug-likeness (QED) is 0.0347. The van der Waals surface area contributed by atoms with E-state index in [-0.39, 0.29) is 49.2 Å². The summed E-state index contributed by atoms with van der Waals surface area (Å²) in [6.45, 7) is 9.87. The van der Waals surface area contributed by atoms with Crippen molar-refractivity contribution in [2.75, 3.05) is 13.2 Å². The number of aliphatic hydroxyl groups excluding tert-OH is 1. The molecule has 0 saturated carbocycles. The third kappa shape index (κ3) is 22.5. The molecule has 0 spiro atoms. The van der Waals surface area contributed by atoms with E-state index < -0.39 is 139 Å². The first kappa shape index (κ1) is 59.1. The van der Waals surface area contributed by atoms with Gasteiger partial charge in [0.05, 0.1) is 32.0 Å². The SMILES string of the molecule is CC(C)C[C@H](NC(=O)[C@H](CC(N)=O)NC(=O)[C@H](CC(C)C)NC(=O)[C@H](CC(N)=O)NC(=O)[C@H](C)NC(=O)CNC(=O)[C@H](CO)NC(=O)[C@H](CC(C)C)NC(=O)[C@@H](N)Cc1ccc(O)cc1)C(=O)O. The maximum absolute atomic E-state index is 13.5. The molecule has 0 aliphatic carbocycles. The molecule has 1 aromatic carbocycles. The molecule has 1 aromatic rings. The lowest BCUT2D eigenvalue weighted by atomic mass is 10.0. The van der Waals surface area contributed by atoms with Gasteiger partial charge < -0.3 is 75.1 Å². The summed E-state index contributed by atoms with van der Waals surface area (Å²) in [5.41, 5.74) is 17.3. The third-order valence-electron chi connectivity index (χ3n) is 9.82. The Balaban J connectivity index is 2.99. The van der Waals surface area contributed by atoms with Crippen LogP contribution in [0.25, 0.3) is 0 Å². The zero-order valence-electron chi connectivity index (χ0n) is 39.4. The second-order valence-corrected chi connectivity index (χ2v) is 17.6. The van der Waals surface area contributed by atoms with Crippen LogP contribution in [0.15, 0.2) is 24.3 Å². The number of carboxylic acid groups (broad SMARTS) is 1. The minimum absolute atomic E-state index is 0.0225. The highest BCUT2D eigenvalue weighted by atomic mass is 16.4. The second kappa shape index (κ2) is 29.0. The summed E-state index contributed by atoms with van der Waals surface area (Å²) in [6, 6.07) is -5.43. The first-order chi connectivity index (χ1) is 31.6. The van der Waals surface area contributed by atoms with Crippen LogP contribution in [0.1, 0.15) is 86.1 Å². The molecule has 0 aliphatic rings. The number of benzene rings is 1. The lowest BCUT2D eigenvalue weighted by Gasteiger charge is -2.27. The Morgan fingerprint density at radius 1 is 0.515 bits per heavy atom. The number of phenols is 1. The van der Waals surface area contributed by atoms with Gasteiger partial charge in [-0.05, 0) is 68.1 Å². The molecule has 1 rings (SSSR count). The number of carbonyl (C=O) groups is 11. The number of carboxylic acids is 1. The minimum Gasteiger partial charge on any atom is -0.508 e. The number of rotatable bonds is 30. The van der Waals surface area contributed by atoms with Gasteiger partial charge in [-0.2, -0.15) is 0 Å². The van der Waals surface area contributed by atoms with E-state index in [1.807, 2.05) is 0 Å². The van der Waals surface area contributed by atoms with Crippen molar-refractivity contribution in [3.63, 3.8) is 0 Å². The van der Waals surface area contributed by atoms with Crippen LogP contribution >= 0.6 is 0 Å². The van der Waals surface area contributed by atoms with Crippen LogP contribution in [-0.2, 0) is 59.2 Å². The van der Waals surface area contributed by atoms with Crippen LogP contribution in [-0.4, -0.2) is 142 Å². The number of aliphatic hydroxyl groups is 1. The highest BCUT2D eigenvalue weighted by Gasteiger charge is 2.34. The van der Waals surface area contributed by atoms with E-state index in [2.05, 4.69) is 42.5 Å². The fraction of sp³-hybridized carbons (Fsp3) is 0.605. The highest BCUT2D eigenvalue weighted by Crippen LogP contribution is 2.13. The topological polar surface area (TPSA) is 423 Å². The first-order valence-corrected chi connectivity index (χ1v) is 22.0. The van der Waals surface area contributed by atoms with Gasteiger partial charge in [-0.15, -0.1) is 0 Å². The average Bonchev–Trinajstić information content (AvgIpc) is 3.23. The van der Waals surface area contributed by atoms with Gasteiger partial charge in [-0.3, -0.25) is 47.9 Å². The Kier molecular flexibility index (Phi) is 25.2. The van der Waals surface area contributed by atoms with Gasteiger partial charge in [0.15, 0.2) is 0 Å². The van der Waals surface area contributed by atoms with Crippen LogP contribution in [0.3, 0.4) is 0 Å². The monoisotopic (exact) mass is 964 g/mol. The molecular formula is C43H69N11O14. The number of hydrogen-bond acceptors (Lipinski definition) is 14. The molecule has 380 valence electrons. The lowest BCUT2D eigenvalue weighted by Crippen LogP contribution is -2.60. The van der Waals surface area contributed by atoms with E-state index in [0.717, 1.165) is 0 Å². The minimum atomic E-state index is -1.72. The van der Waals surface area contributed by atoms with Gasteiger partial charge in [0, 0.05) is 0 Å². The number of aliphatic carboxylic acids is 1. The van der Waals surface area contributed by atoms with Crippen molar-refractivity contribution < 1.29 is 68.1 Å². The molecule has 0 unspecified atom stereocenters. The van der Waals surface area contributed by atoms with E-state index >= 15 is 0 Å². The number of nitrogens with two attached hydrogens (primary N) is 3. The number of amides is 10. The van der Waals surface area contributed by atoms with Crippen molar-refractivity contribution in [3.8, 4) is 5.75 Å². The number of carbonyl (C=O) groups excluding carboxylic acids is 10. The van der Waals surface area contributed by atoms with Gasteiger partial charge in [0.1, 0.15) is 48.0 Å². The lowest BCUT2D eigenvalue weighted by molar-refractivity contribution is -0.143. The van der Waals surface area contributed by atoms with Gasteiger partial charge in [-0.25, -0.2) is 4.79 Å². The maximum Gasteiger partial charge on any atom is 0.326 e. The molecule has 0 radical (unpaired) electrons. The fourth-order valence-corrected chi connectivity index (χ4v) is 6.41. The van der Waals surface area contributed by atoms with Crippen LogP contribution in [0.5, 0.6) is 5.75 Å². The number of aromatic hydroxyl groups is 1. The molecule has 8 atom stereocenters. The number of primary amides is 2. The van der Waals surface area contributed by atoms with E-state index in [1.54, 1.807) is 53.7 Å². The Labute approximate surface area is 394 Å². The molecule has 0 saturated heterocycles. The van der Waals surface area contributed by atoms with Crippen molar-refractivity contribution in [2.45, 2.75) is 135 Å². The second-order valence-electron chi connectivity index (χ2n) is 17.6. The fourth-order valence-electron chi connectivity index (χ4n) is 6.41. The Morgan fingerprint density at radius 2 is 0.897 bits per heavy atom. The predicted octanol–water partition coefficient (Wildman–Crippen LogP) is -4.24. The van der Waals surface area contributed by atoms with Crippen molar-refractivity contribution in [2.24, 2.45) is 35.0 Å². The van der Waals surface area contributed by atoms with Crippen LogP contribution in [0, 0.1) is 17.8 Å². The highest BCUT2D eigenvalue weighted by molar-refractivity contribution is 5.99. The molecule has 0 heterocycles. The van der Waals surface area contributed by atoms with Crippen molar-refractivity contribution in [1.29, 1.82) is 0 Å². The predicted molar refractivity (Wildman–Crippen MR) is 243 cm³/mol. The smallest absolute Gasteiger partial charge is 0.326 e. The van der Waals surface area contributed by atoms with E-state index in [0.29, 0.717) is 5.56 Å². The molecule has 0 bridgehead atoms. The van der Waals surface area contributed by atoms with E-state index in [4.69, 9.17) is 17.2 Å². The summed E-state index contributed by atoms with van der Waals surface area (Å²) in [5, 5.41) is 47.6. The maximum atomic E-state index is 13.5. The molecule has 25 heteroatoms. The normalized spacial score (nSPS) is 14.6. The first-order valence-electron chi connectivity index (χ1n) is 22.0. The van der Waals surface area contributed by atoms with Gasteiger partial charge in [0.2, 0.25) is 59.1 Å². The van der Waals surface area contributed by atoms with E-state index in [1.165, 1.54) is 19.1 Å². The molecule has 10 amide bonds. The van der Waals surface area contributed by atoms with E-state index in [9.17, 15) is 68.1 Å². The summed E-state index contributed by atoms with van der Waals surface area (Å²) in [5.74, 6) is -11.6. The molecule has 68 heavy (non-hydrogen) atoms. The molecular weight excluding hydrogens is 895 g/mol. The van der Waals surface area contributed by atoms with Gasteiger partial charge in [0.25, 0.3) is 0 Å².